The molecule has 2 N–H and O–H groups in total. The van der Waals surface area contributed by atoms with Gasteiger partial charge in [0.15, 0.2) is 6.10 Å². The van der Waals surface area contributed by atoms with Crippen molar-refractivity contribution in [3.8, 4) is 11.5 Å². The van der Waals surface area contributed by atoms with Gasteiger partial charge in [0, 0.05) is 39.8 Å². The maximum absolute atomic E-state index is 13.3. The number of amides is 2. The third-order valence-electron chi connectivity index (χ3n) is 8.00. The number of ether oxygens (including phenoxy) is 2. The van der Waals surface area contributed by atoms with Crippen LogP contribution >= 0.6 is 11.6 Å². The second-order valence-electron chi connectivity index (χ2n) is 11.2. The number of nitrogens with zero attached hydrogens (tertiary/aromatic N) is 1. The topological polar surface area (TPSA) is 116 Å². The van der Waals surface area contributed by atoms with Gasteiger partial charge in [0.1, 0.15) is 11.5 Å². The normalized spacial score (nSPS) is 14.6. The molecule has 4 aromatic rings. The van der Waals surface area contributed by atoms with Crippen LogP contribution in [0.15, 0.2) is 47.4 Å². The summed E-state index contributed by atoms with van der Waals surface area (Å²) in [6.07, 6.45) is 0.749. The fraction of sp³-hybridized carbons (Fsp3) is 0.333. The summed E-state index contributed by atoms with van der Waals surface area (Å²) in [6, 6.07) is 12.0. The SMILES string of the molecule is CCc1c(C)n(CCCOc2cc(C)c(Cl)c(C)c2)c2ccc(C(=O)NS(=O)(=O)c3cc4c(cc3C)NC(=O)C(C)O4)cc12. The number of aryl methyl sites for hydroxylation is 5. The second kappa shape index (κ2) is 12.2. The Kier molecular flexibility index (Phi) is 8.68. The van der Waals surface area contributed by atoms with Crippen LogP contribution in [0.3, 0.4) is 0 Å². The van der Waals surface area contributed by atoms with Gasteiger partial charge in [-0.15, -0.1) is 0 Å². The van der Waals surface area contributed by atoms with Crippen molar-refractivity contribution in [2.24, 2.45) is 0 Å². The van der Waals surface area contributed by atoms with Crippen LogP contribution in [0.1, 0.15) is 58.6 Å². The number of hydrogen-bond acceptors (Lipinski definition) is 6. The van der Waals surface area contributed by atoms with E-state index in [-0.39, 0.29) is 22.1 Å². The van der Waals surface area contributed by atoms with Crippen molar-refractivity contribution in [1.82, 2.24) is 9.29 Å². The van der Waals surface area contributed by atoms with Gasteiger partial charge in [-0.05, 0) is 106 Å². The van der Waals surface area contributed by atoms with Crippen LogP contribution in [0.4, 0.5) is 5.69 Å². The zero-order valence-corrected chi connectivity index (χ0v) is 27.2. The molecular formula is C33H36ClN3O6S. The number of benzene rings is 3. The van der Waals surface area contributed by atoms with E-state index in [4.69, 9.17) is 21.1 Å². The average Bonchev–Trinajstić information content (AvgIpc) is 3.23. The minimum atomic E-state index is -4.24. The highest BCUT2D eigenvalue weighted by Crippen LogP contribution is 2.35. The minimum Gasteiger partial charge on any atom is -0.494 e. The lowest BCUT2D eigenvalue weighted by Crippen LogP contribution is -2.35. The summed E-state index contributed by atoms with van der Waals surface area (Å²) in [5.41, 5.74) is 6.10. The highest BCUT2D eigenvalue weighted by Gasteiger charge is 2.28. The van der Waals surface area contributed by atoms with E-state index in [2.05, 4.69) is 28.5 Å². The fourth-order valence-corrected chi connectivity index (χ4v) is 7.02. The lowest BCUT2D eigenvalue weighted by molar-refractivity contribution is -0.122. The number of nitrogens with one attached hydrogen (secondary N) is 2. The monoisotopic (exact) mass is 637 g/mol. The van der Waals surface area contributed by atoms with Gasteiger partial charge in [-0.1, -0.05) is 18.5 Å². The molecule has 11 heteroatoms. The Bertz CT molecular complexity index is 1890. The van der Waals surface area contributed by atoms with Crippen molar-refractivity contribution >= 4 is 50.0 Å². The maximum atomic E-state index is 13.3. The number of carbonyl (C=O) groups excluding carboxylic acids is 2. The summed E-state index contributed by atoms with van der Waals surface area (Å²) in [6.45, 7) is 12.4. The number of aromatic nitrogens is 1. The van der Waals surface area contributed by atoms with E-state index >= 15 is 0 Å². The molecule has 1 unspecified atom stereocenters. The van der Waals surface area contributed by atoms with Crippen LogP contribution in [-0.2, 0) is 27.8 Å². The second-order valence-corrected chi connectivity index (χ2v) is 13.2. The summed E-state index contributed by atoms with van der Waals surface area (Å²) < 4.78 is 42.6. The number of carbonyl (C=O) groups is 2. The van der Waals surface area contributed by atoms with E-state index in [9.17, 15) is 18.0 Å². The van der Waals surface area contributed by atoms with Crippen molar-refractivity contribution in [2.75, 3.05) is 11.9 Å². The number of fused-ring (bicyclic) bond motifs is 2. The third kappa shape index (κ3) is 6.01. The molecule has 0 bridgehead atoms. The summed E-state index contributed by atoms with van der Waals surface area (Å²) in [5, 5.41) is 4.35. The Morgan fingerprint density at radius 1 is 1.07 bits per heavy atom. The average molecular weight is 638 g/mol. The number of sulfonamides is 1. The molecule has 232 valence electrons. The van der Waals surface area contributed by atoms with Gasteiger partial charge < -0.3 is 19.4 Å². The Morgan fingerprint density at radius 2 is 1.77 bits per heavy atom. The fourth-order valence-electron chi connectivity index (χ4n) is 5.70. The molecule has 2 amide bonds. The molecule has 0 saturated heterocycles. The van der Waals surface area contributed by atoms with Crippen molar-refractivity contribution in [3.05, 3.63) is 81.0 Å². The van der Waals surface area contributed by atoms with Gasteiger partial charge in [-0.2, -0.15) is 0 Å². The summed E-state index contributed by atoms with van der Waals surface area (Å²) >= 11 is 6.28. The lowest BCUT2D eigenvalue weighted by Gasteiger charge is -2.24. The van der Waals surface area contributed by atoms with Crippen molar-refractivity contribution in [3.63, 3.8) is 0 Å². The largest absolute Gasteiger partial charge is 0.494 e. The maximum Gasteiger partial charge on any atom is 0.265 e. The van der Waals surface area contributed by atoms with Crippen molar-refractivity contribution in [2.45, 2.75) is 71.9 Å². The number of hydrogen-bond donors (Lipinski definition) is 2. The molecule has 0 radical (unpaired) electrons. The first-order valence-corrected chi connectivity index (χ1v) is 16.4. The van der Waals surface area contributed by atoms with E-state index in [0.717, 1.165) is 56.9 Å². The van der Waals surface area contributed by atoms with Gasteiger partial charge in [0.2, 0.25) is 0 Å². The van der Waals surface area contributed by atoms with Gasteiger partial charge in [0.25, 0.3) is 21.8 Å². The molecule has 5 rings (SSSR count). The Balaban J connectivity index is 1.33. The van der Waals surface area contributed by atoms with E-state index < -0.39 is 22.0 Å². The van der Waals surface area contributed by atoms with Gasteiger partial charge >= 0.3 is 0 Å². The first kappa shape index (κ1) is 31.4. The molecule has 2 heterocycles. The molecule has 3 aromatic carbocycles. The van der Waals surface area contributed by atoms with E-state index in [1.807, 2.05) is 32.0 Å². The first-order valence-electron chi connectivity index (χ1n) is 14.5. The minimum absolute atomic E-state index is 0.101. The Hall–Kier alpha value is -4.02. The van der Waals surface area contributed by atoms with Gasteiger partial charge in [-0.3, -0.25) is 9.59 Å². The summed E-state index contributed by atoms with van der Waals surface area (Å²) in [5.74, 6) is -0.0351. The molecule has 44 heavy (non-hydrogen) atoms. The standard InChI is InChI=1S/C33H36ClN3O6S/c1-7-25-21(5)37(11-8-12-42-24-13-19(3)31(34)20(4)14-24)28-10-9-23(16-26(25)28)33(39)36-44(40,41)30-17-29-27(15-18(30)2)35-32(38)22(6)43-29/h9-10,13-17,22H,7-8,11-12H2,1-6H3,(H,35,38)(H,36,39). The quantitative estimate of drug-likeness (QED) is 0.205. The number of anilines is 1. The smallest absolute Gasteiger partial charge is 0.265 e. The molecule has 1 aliphatic rings. The molecule has 1 aromatic heterocycles. The number of rotatable bonds is 9. The zero-order valence-electron chi connectivity index (χ0n) is 25.6. The molecule has 0 aliphatic carbocycles. The lowest BCUT2D eigenvalue weighted by atomic mass is 10.1. The van der Waals surface area contributed by atoms with E-state index in [0.29, 0.717) is 24.4 Å². The third-order valence-corrected chi connectivity index (χ3v) is 10.1. The molecule has 0 saturated carbocycles. The predicted molar refractivity (Wildman–Crippen MR) is 172 cm³/mol. The molecule has 9 nitrogen and oxygen atoms in total. The van der Waals surface area contributed by atoms with Crippen molar-refractivity contribution in [1.29, 1.82) is 0 Å². The molecule has 0 fully saturated rings. The summed E-state index contributed by atoms with van der Waals surface area (Å²) in [7, 11) is -4.24. The van der Waals surface area contributed by atoms with Crippen LogP contribution in [0, 0.1) is 27.7 Å². The van der Waals surface area contributed by atoms with Gasteiger partial charge in [-0.25, -0.2) is 13.1 Å². The van der Waals surface area contributed by atoms with E-state index in [1.165, 1.54) is 12.1 Å². The highest BCUT2D eigenvalue weighted by atomic mass is 35.5. The molecule has 1 aliphatic heterocycles. The van der Waals surface area contributed by atoms with Crippen LogP contribution in [0.2, 0.25) is 5.02 Å². The summed E-state index contributed by atoms with van der Waals surface area (Å²) in [4.78, 5) is 25.1. The predicted octanol–water partition coefficient (Wildman–Crippen LogP) is 6.40. The van der Waals surface area contributed by atoms with Crippen LogP contribution < -0.4 is 19.5 Å². The highest BCUT2D eigenvalue weighted by molar-refractivity contribution is 7.90. The van der Waals surface area contributed by atoms with Crippen molar-refractivity contribution < 1.29 is 27.5 Å². The first-order chi connectivity index (χ1) is 20.8. The molecule has 0 spiro atoms. The van der Waals surface area contributed by atoms with Crippen LogP contribution in [0.5, 0.6) is 11.5 Å². The number of halogens is 1. The Labute approximate surface area is 262 Å². The van der Waals surface area contributed by atoms with Crippen LogP contribution in [0.25, 0.3) is 10.9 Å². The Morgan fingerprint density at radius 3 is 2.45 bits per heavy atom. The van der Waals surface area contributed by atoms with E-state index in [1.54, 1.807) is 26.0 Å². The van der Waals surface area contributed by atoms with Crippen LogP contribution in [-0.4, -0.2) is 37.5 Å². The van der Waals surface area contributed by atoms with Gasteiger partial charge in [0.05, 0.1) is 17.2 Å². The zero-order chi connectivity index (χ0) is 31.9. The molecule has 1 atom stereocenters. The molecular weight excluding hydrogens is 602 g/mol.